The molecule has 0 spiro atoms. The Morgan fingerprint density at radius 2 is 1.80 bits per heavy atom. The lowest BCUT2D eigenvalue weighted by Crippen LogP contribution is -2.02. The van der Waals surface area contributed by atoms with Crippen LogP contribution in [0.25, 0.3) is 0 Å². The molecule has 0 aliphatic heterocycles. The molecule has 0 saturated heterocycles. The van der Waals surface area contributed by atoms with E-state index in [0.29, 0.717) is 22.9 Å². The zero-order valence-corrected chi connectivity index (χ0v) is 14.9. The van der Waals surface area contributed by atoms with Crippen LogP contribution in [0.5, 0.6) is 0 Å². The van der Waals surface area contributed by atoms with E-state index in [1.165, 1.54) is 12.1 Å². The van der Waals surface area contributed by atoms with E-state index in [4.69, 9.17) is 23.2 Å². The van der Waals surface area contributed by atoms with Gasteiger partial charge in [0, 0.05) is 34.9 Å². The van der Waals surface area contributed by atoms with Gasteiger partial charge in [0.2, 0.25) is 0 Å². The highest BCUT2D eigenvalue weighted by atomic mass is 35.5. The van der Waals surface area contributed by atoms with Crippen molar-refractivity contribution in [3.8, 4) is 0 Å². The Morgan fingerprint density at radius 1 is 1.12 bits per heavy atom. The Balaban J connectivity index is 0.000000212. The Hall–Kier alpha value is -2.37. The average Bonchev–Trinajstić information content (AvgIpc) is 3.07. The number of nitrogens with zero attached hydrogens (tertiary/aromatic N) is 2. The van der Waals surface area contributed by atoms with Crippen LogP contribution in [0.2, 0.25) is 10.0 Å². The van der Waals surface area contributed by atoms with E-state index in [9.17, 15) is 9.18 Å². The molecule has 0 atom stereocenters. The maximum atomic E-state index is 12.4. The molecular weight excluding hydrogens is 364 g/mol. The van der Waals surface area contributed by atoms with Crippen LogP contribution in [0.1, 0.15) is 15.9 Å². The molecule has 0 fully saturated rings. The fourth-order valence-corrected chi connectivity index (χ4v) is 2.52. The number of benzene rings is 2. The second-order valence-corrected chi connectivity index (χ2v) is 5.80. The van der Waals surface area contributed by atoms with Gasteiger partial charge >= 0.3 is 0 Å². The van der Waals surface area contributed by atoms with Gasteiger partial charge in [-0.3, -0.25) is 9.48 Å². The zero-order chi connectivity index (χ0) is 18.2. The van der Waals surface area contributed by atoms with E-state index in [1.54, 1.807) is 16.8 Å². The van der Waals surface area contributed by atoms with Crippen molar-refractivity contribution in [3.05, 3.63) is 81.7 Å². The number of anilines is 1. The molecule has 1 heterocycles. The molecule has 0 bridgehead atoms. The van der Waals surface area contributed by atoms with E-state index >= 15 is 0 Å². The van der Waals surface area contributed by atoms with Crippen LogP contribution >= 0.6 is 23.2 Å². The summed E-state index contributed by atoms with van der Waals surface area (Å²) in [6, 6.07) is 13.2. The highest BCUT2D eigenvalue weighted by Gasteiger charge is 2.06. The third-order valence-electron chi connectivity index (χ3n) is 3.31. The Labute approximate surface area is 155 Å². The molecule has 25 heavy (non-hydrogen) atoms. The molecule has 0 radical (unpaired) electrons. The molecule has 0 aliphatic carbocycles. The summed E-state index contributed by atoms with van der Waals surface area (Å²) < 4.78 is 14.1. The minimum atomic E-state index is -0.465. The largest absolute Gasteiger partial charge is 0.372 e. The molecule has 0 amide bonds. The van der Waals surface area contributed by atoms with Crippen molar-refractivity contribution in [2.24, 2.45) is 0 Å². The molecule has 1 N–H and O–H groups in total. The molecule has 0 saturated carbocycles. The lowest BCUT2D eigenvalue weighted by atomic mass is 10.2. The molecule has 3 aromatic rings. The van der Waals surface area contributed by atoms with Gasteiger partial charge in [-0.1, -0.05) is 41.4 Å². The summed E-state index contributed by atoms with van der Waals surface area (Å²) in [6.07, 6.45) is 2.38. The van der Waals surface area contributed by atoms with Gasteiger partial charge in [-0.15, -0.1) is 0 Å². The molecule has 130 valence electrons. The molecular formula is C18H16Cl2FN3O. The van der Waals surface area contributed by atoms with Gasteiger partial charge in [0.25, 0.3) is 0 Å². The summed E-state index contributed by atoms with van der Waals surface area (Å²) >= 11 is 12.2. The fraction of sp³-hybridized carbons (Fsp3) is 0.111. The number of hydrogen-bond donors (Lipinski definition) is 1. The van der Waals surface area contributed by atoms with Gasteiger partial charge in [-0.25, -0.2) is 4.39 Å². The summed E-state index contributed by atoms with van der Waals surface area (Å²) in [6.45, 7) is 0.570. The van der Waals surface area contributed by atoms with Crippen molar-refractivity contribution in [1.82, 2.24) is 9.78 Å². The van der Waals surface area contributed by atoms with Gasteiger partial charge in [-0.05, 0) is 24.3 Å². The van der Waals surface area contributed by atoms with E-state index in [-0.39, 0.29) is 5.56 Å². The van der Waals surface area contributed by atoms with Crippen LogP contribution in [0.4, 0.5) is 10.2 Å². The van der Waals surface area contributed by atoms with Gasteiger partial charge < -0.3 is 5.32 Å². The summed E-state index contributed by atoms with van der Waals surface area (Å²) in [4.78, 5) is 9.99. The van der Waals surface area contributed by atoms with Crippen LogP contribution in [-0.4, -0.2) is 23.1 Å². The van der Waals surface area contributed by atoms with Gasteiger partial charge in [0.05, 0.1) is 12.1 Å². The predicted molar refractivity (Wildman–Crippen MR) is 99.1 cm³/mol. The molecule has 7 heteroatoms. The van der Waals surface area contributed by atoms with Gasteiger partial charge in [0.15, 0.2) is 6.29 Å². The fourth-order valence-electron chi connectivity index (χ4n) is 2.00. The molecule has 1 aromatic heterocycles. The standard InChI is InChI=1S/C11H11Cl2N3.C7H5FO/c1-14-11-5-6-16(15-11)7-8-9(12)3-2-4-10(8)13;8-7-4-2-1-3-6(7)5-9/h2-6H,7H2,1H3,(H,14,15);1-5H. The van der Waals surface area contributed by atoms with E-state index < -0.39 is 5.82 Å². The smallest absolute Gasteiger partial charge is 0.152 e. The highest BCUT2D eigenvalue weighted by Crippen LogP contribution is 2.25. The second kappa shape index (κ2) is 9.20. The topological polar surface area (TPSA) is 46.9 Å². The first-order chi connectivity index (χ1) is 12.0. The van der Waals surface area contributed by atoms with Crippen LogP contribution in [0, 0.1) is 5.82 Å². The summed E-state index contributed by atoms with van der Waals surface area (Å²) in [5.41, 5.74) is 0.995. The molecule has 0 aliphatic rings. The van der Waals surface area contributed by atoms with E-state index in [2.05, 4.69) is 10.4 Å². The molecule has 3 rings (SSSR count). The number of nitrogens with one attached hydrogen (secondary N) is 1. The molecule has 2 aromatic carbocycles. The van der Waals surface area contributed by atoms with E-state index in [0.717, 1.165) is 11.4 Å². The van der Waals surface area contributed by atoms with Crippen LogP contribution < -0.4 is 5.32 Å². The number of halogens is 3. The van der Waals surface area contributed by atoms with Crippen molar-refractivity contribution >= 4 is 35.3 Å². The second-order valence-electron chi connectivity index (χ2n) is 4.99. The lowest BCUT2D eigenvalue weighted by Gasteiger charge is -2.06. The van der Waals surface area contributed by atoms with Gasteiger partial charge in [0.1, 0.15) is 11.6 Å². The maximum Gasteiger partial charge on any atom is 0.152 e. The number of aldehydes is 1. The third-order valence-corrected chi connectivity index (χ3v) is 4.02. The third kappa shape index (κ3) is 5.31. The van der Waals surface area contributed by atoms with Crippen LogP contribution in [0.15, 0.2) is 54.7 Å². The van der Waals surface area contributed by atoms with Crippen molar-refractivity contribution in [2.75, 3.05) is 12.4 Å². The van der Waals surface area contributed by atoms with Crippen LogP contribution in [-0.2, 0) is 6.54 Å². The SMILES string of the molecule is CNc1ccn(Cc2c(Cl)cccc2Cl)n1.O=Cc1ccccc1F. The number of aromatic nitrogens is 2. The average molecular weight is 380 g/mol. The summed E-state index contributed by atoms with van der Waals surface area (Å²) in [5.74, 6) is 0.357. The molecule has 0 unspecified atom stereocenters. The van der Waals surface area contributed by atoms with Crippen molar-refractivity contribution in [3.63, 3.8) is 0 Å². The first kappa shape index (κ1) is 19.0. The van der Waals surface area contributed by atoms with E-state index in [1.807, 2.05) is 37.5 Å². The summed E-state index contributed by atoms with van der Waals surface area (Å²) in [5, 5.41) is 8.58. The van der Waals surface area contributed by atoms with Crippen molar-refractivity contribution in [1.29, 1.82) is 0 Å². The monoisotopic (exact) mass is 379 g/mol. The minimum Gasteiger partial charge on any atom is -0.372 e. The Morgan fingerprint density at radius 3 is 2.32 bits per heavy atom. The minimum absolute atomic E-state index is 0.109. The first-order valence-electron chi connectivity index (χ1n) is 7.39. The number of rotatable bonds is 4. The zero-order valence-electron chi connectivity index (χ0n) is 13.4. The highest BCUT2D eigenvalue weighted by molar-refractivity contribution is 6.35. The number of carbonyl (C=O) groups is 1. The predicted octanol–water partition coefficient (Wildman–Crippen LogP) is 4.92. The lowest BCUT2D eigenvalue weighted by molar-refractivity contribution is 0.112. The normalized spacial score (nSPS) is 9.92. The van der Waals surface area contributed by atoms with Crippen molar-refractivity contribution < 1.29 is 9.18 Å². The number of hydrogen-bond acceptors (Lipinski definition) is 3. The van der Waals surface area contributed by atoms with Crippen LogP contribution in [0.3, 0.4) is 0 Å². The van der Waals surface area contributed by atoms with Gasteiger partial charge in [-0.2, -0.15) is 5.10 Å². The quantitative estimate of drug-likeness (QED) is 0.654. The number of carbonyl (C=O) groups excluding carboxylic acids is 1. The molecule has 4 nitrogen and oxygen atoms in total. The Kier molecular flexibility index (Phi) is 6.98. The summed E-state index contributed by atoms with van der Waals surface area (Å²) in [7, 11) is 1.83. The maximum absolute atomic E-state index is 12.4. The van der Waals surface area contributed by atoms with Crippen molar-refractivity contribution in [2.45, 2.75) is 6.54 Å². The first-order valence-corrected chi connectivity index (χ1v) is 8.14. The Bertz CT molecular complexity index is 832.